The fourth-order valence-corrected chi connectivity index (χ4v) is 6.71. The SMILES string of the molecule is COc1ccc(O)c(C2C3=CCC4C(=O)N(c5ccc(C(C)=O)cc5)C(=O)C4C3CC3=C2C(=O)C(C)=CC3=O)c1. The van der Waals surface area contributed by atoms with E-state index >= 15 is 0 Å². The first kappa shape index (κ1) is 25.7. The van der Waals surface area contributed by atoms with Crippen molar-refractivity contribution in [1.29, 1.82) is 0 Å². The molecule has 1 N–H and O–H groups in total. The summed E-state index contributed by atoms with van der Waals surface area (Å²) in [6.07, 6.45) is 3.65. The maximum Gasteiger partial charge on any atom is 0.238 e. The van der Waals surface area contributed by atoms with Gasteiger partial charge >= 0.3 is 0 Å². The number of carbonyl (C=O) groups is 5. The molecule has 0 spiro atoms. The van der Waals surface area contributed by atoms with Gasteiger partial charge < -0.3 is 9.84 Å². The molecule has 1 saturated heterocycles. The molecule has 0 bridgehead atoms. The van der Waals surface area contributed by atoms with Crippen molar-refractivity contribution in [2.45, 2.75) is 32.6 Å². The standard InChI is InChI=1S/C32H27NO7/c1-15-12-26(36)24-14-22-20(27(29(24)30(15)37)23-13-19(40-3)8-11-25(23)35)9-10-21-28(22)32(39)33(31(21)38)18-6-4-17(5-7-18)16(2)34/h4-9,11-13,21-22,27-28,35H,10,14H2,1-3H3. The predicted molar refractivity (Wildman–Crippen MR) is 145 cm³/mol. The van der Waals surface area contributed by atoms with Crippen molar-refractivity contribution in [2.24, 2.45) is 17.8 Å². The van der Waals surface area contributed by atoms with Crippen molar-refractivity contribution in [2.75, 3.05) is 12.0 Å². The third-order valence-corrected chi connectivity index (χ3v) is 8.64. The molecule has 1 heterocycles. The lowest BCUT2D eigenvalue weighted by molar-refractivity contribution is -0.123. The van der Waals surface area contributed by atoms with Crippen molar-refractivity contribution >= 4 is 34.9 Å². The van der Waals surface area contributed by atoms with Crippen molar-refractivity contribution in [3.63, 3.8) is 0 Å². The van der Waals surface area contributed by atoms with E-state index in [1.807, 2.05) is 6.08 Å². The summed E-state index contributed by atoms with van der Waals surface area (Å²) in [5, 5.41) is 10.9. The van der Waals surface area contributed by atoms with E-state index in [1.54, 1.807) is 43.3 Å². The van der Waals surface area contributed by atoms with Gasteiger partial charge in [0.15, 0.2) is 17.3 Å². The van der Waals surface area contributed by atoms with Gasteiger partial charge in [0, 0.05) is 33.8 Å². The van der Waals surface area contributed by atoms with Crippen LogP contribution in [0, 0.1) is 17.8 Å². The number of fused-ring (bicyclic) bond motifs is 3. The number of anilines is 1. The number of amides is 2. The number of phenols is 1. The van der Waals surface area contributed by atoms with Gasteiger partial charge in [0.05, 0.1) is 24.6 Å². The Morgan fingerprint density at radius 2 is 1.73 bits per heavy atom. The van der Waals surface area contributed by atoms with Crippen LogP contribution >= 0.6 is 0 Å². The molecule has 40 heavy (non-hydrogen) atoms. The van der Waals surface area contributed by atoms with Gasteiger partial charge in [-0.2, -0.15) is 0 Å². The zero-order valence-corrected chi connectivity index (χ0v) is 22.3. The molecule has 2 amide bonds. The molecule has 0 radical (unpaired) electrons. The number of ketones is 3. The van der Waals surface area contributed by atoms with Gasteiger partial charge in [0.25, 0.3) is 0 Å². The van der Waals surface area contributed by atoms with Gasteiger partial charge in [-0.3, -0.25) is 28.9 Å². The van der Waals surface area contributed by atoms with Crippen molar-refractivity contribution in [3.05, 3.63) is 88.0 Å². The molecule has 2 aromatic carbocycles. The first-order valence-corrected chi connectivity index (χ1v) is 13.2. The normalized spacial score (nSPS) is 25.7. The molecule has 4 atom stereocenters. The van der Waals surface area contributed by atoms with E-state index in [0.29, 0.717) is 39.3 Å². The van der Waals surface area contributed by atoms with E-state index in [-0.39, 0.29) is 47.8 Å². The highest BCUT2D eigenvalue weighted by Crippen LogP contribution is 2.56. The predicted octanol–water partition coefficient (Wildman–Crippen LogP) is 4.24. The third-order valence-electron chi connectivity index (χ3n) is 8.64. The molecule has 6 rings (SSSR count). The molecule has 8 heteroatoms. The van der Waals surface area contributed by atoms with Gasteiger partial charge in [0.2, 0.25) is 11.8 Å². The van der Waals surface area contributed by atoms with E-state index in [9.17, 15) is 29.1 Å². The van der Waals surface area contributed by atoms with Crippen molar-refractivity contribution in [3.8, 4) is 11.5 Å². The Morgan fingerprint density at radius 3 is 2.40 bits per heavy atom. The highest BCUT2D eigenvalue weighted by molar-refractivity contribution is 6.25. The minimum atomic E-state index is -0.767. The Balaban J connectivity index is 1.47. The number of hydrogen-bond acceptors (Lipinski definition) is 7. The van der Waals surface area contributed by atoms with Crippen molar-refractivity contribution < 1.29 is 33.8 Å². The second-order valence-electron chi connectivity index (χ2n) is 10.8. The Labute approximate surface area is 230 Å². The van der Waals surface area contributed by atoms with Crippen LogP contribution in [0.4, 0.5) is 5.69 Å². The van der Waals surface area contributed by atoms with Crippen LogP contribution in [0.3, 0.4) is 0 Å². The number of Topliss-reactive ketones (excluding diaryl/α,β-unsaturated/α-hetero) is 2. The van der Waals surface area contributed by atoms with E-state index in [1.165, 1.54) is 31.1 Å². The number of ether oxygens (including phenoxy) is 1. The topological polar surface area (TPSA) is 118 Å². The molecule has 0 saturated carbocycles. The molecule has 4 aliphatic rings. The number of benzene rings is 2. The lowest BCUT2D eigenvalue weighted by atomic mass is 9.59. The Hall–Kier alpha value is -4.59. The summed E-state index contributed by atoms with van der Waals surface area (Å²) in [5.41, 5.74) is 2.95. The van der Waals surface area contributed by atoms with Crippen LogP contribution in [-0.4, -0.2) is 41.4 Å². The number of methoxy groups -OCH3 is 1. The highest BCUT2D eigenvalue weighted by atomic mass is 16.5. The average Bonchev–Trinajstić information content (AvgIpc) is 3.20. The Bertz CT molecular complexity index is 1620. The average molecular weight is 538 g/mol. The largest absolute Gasteiger partial charge is 0.508 e. The summed E-state index contributed by atoms with van der Waals surface area (Å²) in [6, 6.07) is 11.1. The minimum Gasteiger partial charge on any atom is -0.508 e. The second kappa shape index (κ2) is 9.26. The maximum atomic E-state index is 14.0. The molecule has 1 fully saturated rings. The van der Waals surface area contributed by atoms with E-state index in [2.05, 4.69) is 0 Å². The Kier molecular flexibility index (Phi) is 5.94. The summed E-state index contributed by atoms with van der Waals surface area (Å²) in [5.74, 6) is -3.63. The van der Waals surface area contributed by atoms with Crippen LogP contribution in [0.25, 0.3) is 0 Å². The van der Waals surface area contributed by atoms with Gasteiger partial charge in [-0.25, -0.2) is 0 Å². The van der Waals surface area contributed by atoms with Crippen LogP contribution in [0.1, 0.15) is 48.5 Å². The van der Waals surface area contributed by atoms with Crippen molar-refractivity contribution in [1.82, 2.24) is 0 Å². The number of allylic oxidation sites excluding steroid dienone is 6. The molecule has 3 aliphatic carbocycles. The number of carbonyl (C=O) groups excluding carboxylic acids is 5. The molecule has 0 aromatic heterocycles. The number of imide groups is 1. The first-order chi connectivity index (χ1) is 19.1. The molecule has 8 nitrogen and oxygen atoms in total. The van der Waals surface area contributed by atoms with Crippen LogP contribution in [0.5, 0.6) is 11.5 Å². The third kappa shape index (κ3) is 3.70. The van der Waals surface area contributed by atoms with E-state index in [0.717, 1.165) is 5.57 Å². The summed E-state index contributed by atoms with van der Waals surface area (Å²) >= 11 is 0. The molecule has 1 aliphatic heterocycles. The first-order valence-electron chi connectivity index (χ1n) is 13.2. The van der Waals surface area contributed by atoms with Crippen LogP contribution < -0.4 is 9.64 Å². The molecular weight excluding hydrogens is 510 g/mol. The quantitative estimate of drug-likeness (QED) is 0.268. The number of nitrogens with zero attached hydrogens (tertiary/aromatic N) is 1. The zero-order valence-electron chi connectivity index (χ0n) is 22.3. The lowest BCUT2D eigenvalue weighted by Crippen LogP contribution is -2.39. The fourth-order valence-electron chi connectivity index (χ4n) is 6.71. The smallest absolute Gasteiger partial charge is 0.238 e. The summed E-state index contributed by atoms with van der Waals surface area (Å²) in [4.78, 5) is 67.2. The molecular formula is C32H27NO7. The lowest BCUT2D eigenvalue weighted by Gasteiger charge is -2.42. The maximum absolute atomic E-state index is 14.0. The van der Waals surface area contributed by atoms with Crippen LogP contribution in [-0.2, 0) is 19.2 Å². The second-order valence-corrected chi connectivity index (χ2v) is 10.8. The number of phenolic OH excluding ortho intramolecular Hbond substituents is 1. The molecule has 2 aromatic rings. The molecule has 4 unspecified atom stereocenters. The highest BCUT2D eigenvalue weighted by Gasteiger charge is 2.56. The minimum absolute atomic E-state index is 0.0604. The van der Waals surface area contributed by atoms with Gasteiger partial charge in [-0.1, -0.05) is 11.6 Å². The van der Waals surface area contributed by atoms with Crippen LogP contribution in [0.15, 0.2) is 76.9 Å². The zero-order chi connectivity index (χ0) is 28.5. The van der Waals surface area contributed by atoms with Crippen LogP contribution in [0.2, 0.25) is 0 Å². The van der Waals surface area contributed by atoms with E-state index < -0.39 is 23.7 Å². The molecule has 202 valence electrons. The summed E-state index contributed by atoms with van der Waals surface area (Å²) in [6.45, 7) is 3.04. The van der Waals surface area contributed by atoms with Gasteiger partial charge in [0.1, 0.15) is 11.5 Å². The number of rotatable bonds is 4. The monoisotopic (exact) mass is 537 g/mol. The number of hydrogen-bond donors (Lipinski definition) is 1. The summed E-state index contributed by atoms with van der Waals surface area (Å²) < 4.78 is 5.39. The number of aromatic hydroxyl groups is 1. The summed E-state index contributed by atoms with van der Waals surface area (Å²) in [7, 11) is 1.50. The van der Waals surface area contributed by atoms with Gasteiger partial charge in [-0.15, -0.1) is 0 Å². The van der Waals surface area contributed by atoms with Gasteiger partial charge in [-0.05, 0) is 81.1 Å². The Morgan fingerprint density at radius 1 is 1.00 bits per heavy atom. The van der Waals surface area contributed by atoms with E-state index in [4.69, 9.17) is 4.74 Å². The fraction of sp³-hybridized carbons (Fsp3) is 0.281.